The first-order valence-electron chi connectivity index (χ1n) is 9.17. The number of aliphatic hydroxyl groups excluding tert-OH is 1. The van der Waals surface area contributed by atoms with Gasteiger partial charge in [-0.1, -0.05) is 36.4 Å². The van der Waals surface area contributed by atoms with Crippen molar-refractivity contribution in [3.05, 3.63) is 94.3 Å². The molecule has 2 N–H and O–H groups in total. The molecule has 0 bridgehead atoms. The third kappa shape index (κ3) is 3.28. The topological polar surface area (TPSA) is 67.2 Å². The summed E-state index contributed by atoms with van der Waals surface area (Å²) in [6.07, 6.45) is -0.691. The summed E-state index contributed by atoms with van der Waals surface area (Å²) in [7, 11) is 0. The molecule has 4 aromatic rings. The summed E-state index contributed by atoms with van der Waals surface area (Å²) >= 11 is 0. The molecular weight excluding hydrogens is 350 g/mol. The lowest BCUT2D eigenvalue weighted by Gasteiger charge is -2.19. The highest BCUT2D eigenvalue weighted by atomic mass is 16.3. The van der Waals surface area contributed by atoms with Gasteiger partial charge in [-0.25, -0.2) is 4.98 Å². The Labute approximate surface area is 162 Å². The third-order valence-electron chi connectivity index (χ3n) is 4.73. The summed E-state index contributed by atoms with van der Waals surface area (Å²) in [5.41, 5.74) is 3.54. The van der Waals surface area contributed by atoms with Crippen LogP contribution in [0.3, 0.4) is 0 Å². The highest BCUT2D eigenvalue weighted by Gasteiger charge is 2.16. The minimum atomic E-state index is -0.691. The van der Waals surface area contributed by atoms with Crippen LogP contribution in [0.2, 0.25) is 0 Å². The number of anilines is 2. The Morgan fingerprint density at radius 1 is 1.00 bits per heavy atom. The van der Waals surface area contributed by atoms with E-state index in [0.717, 1.165) is 11.4 Å². The maximum Gasteiger partial charge on any atom is 0.193 e. The predicted octanol–water partition coefficient (Wildman–Crippen LogP) is 4.49. The number of fused-ring (bicyclic) bond motifs is 1. The Bertz CT molecular complexity index is 1180. The van der Waals surface area contributed by atoms with Crippen LogP contribution in [-0.2, 0) is 0 Å². The van der Waals surface area contributed by atoms with Gasteiger partial charge in [-0.3, -0.25) is 9.36 Å². The van der Waals surface area contributed by atoms with Gasteiger partial charge in [0.05, 0.1) is 11.5 Å². The minimum absolute atomic E-state index is 0.144. The summed E-state index contributed by atoms with van der Waals surface area (Å²) in [6, 6.07) is 22.8. The zero-order valence-corrected chi connectivity index (χ0v) is 15.8. The van der Waals surface area contributed by atoms with E-state index in [1.54, 1.807) is 19.1 Å². The number of pyridine rings is 2. The van der Waals surface area contributed by atoms with Crippen molar-refractivity contribution in [2.75, 3.05) is 5.32 Å². The van der Waals surface area contributed by atoms with Crippen molar-refractivity contribution in [3.8, 4) is 5.69 Å². The summed E-state index contributed by atoms with van der Waals surface area (Å²) in [5, 5.41) is 13.8. The van der Waals surface area contributed by atoms with Crippen molar-refractivity contribution >= 4 is 22.5 Å². The molecule has 1 atom stereocenters. The number of aromatic nitrogens is 2. The average Bonchev–Trinajstić information content (AvgIpc) is 2.69. The molecule has 0 saturated heterocycles. The molecule has 5 heteroatoms. The maximum absolute atomic E-state index is 12.9. The first-order valence-corrected chi connectivity index (χ1v) is 9.17. The van der Waals surface area contributed by atoms with Gasteiger partial charge < -0.3 is 10.4 Å². The number of hydrogen-bond acceptors (Lipinski definition) is 4. The second-order valence-electron chi connectivity index (χ2n) is 6.77. The Morgan fingerprint density at radius 3 is 2.29 bits per heavy atom. The zero-order chi connectivity index (χ0) is 19.7. The Balaban J connectivity index is 2.03. The van der Waals surface area contributed by atoms with Crippen molar-refractivity contribution < 1.29 is 5.11 Å². The number of aliphatic hydroxyl groups is 1. The Hall–Kier alpha value is -3.44. The van der Waals surface area contributed by atoms with E-state index in [0.29, 0.717) is 28.1 Å². The van der Waals surface area contributed by atoms with Gasteiger partial charge in [0.25, 0.3) is 0 Å². The normalized spacial score (nSPS) is 12.1. The van der Waals surface area contributed by atoms with Gasteiger partial charge in [0.2, 0.25) is 0 Å². The molecule has 0 spiro atoms. The van der Waals surface area contributed by atoms with E-state index in [2.05, 4.69) is 5.32 Å². The van der Waals surface area contributed by atoms with Crippen molar-refractivity contribution in [2.45, 2.75) is 20.0 Å². The zero-order valence-electron chi connectivity index (χ0n) is 15.8. The van der Waals surface area contributed by atoms with Gasteiger partial charge in [-0.2, -0.15) is 0 Å². The van der Waals surface area contributed by atoms with Gasteiger partial charge in [-0.05, 0) is 44.2 Å². The highest BCUT2D eigenvalue weighted by Crippen LogP contribution is 2.26. The van der Waals surface area contributed by atoms with Crippen LogP contribution in [0.15, 0.2) is 77.6 Å². The third-order valence-corrected chi connectivity index (χ3v) is 4.73. The first-order chi connectivity index (χ1) is 13.5. The molecule has 0 amide bonds. The van der Waals surface area contributed by atoms with Crippen LogP contribution in [0.1, 0.15) is 24.3 Å². The number of nitrogens with zero attached hydrogens (tertiary/aromatic N) is 2. The summed E-state index contributed by atoms with van der Waals surface area (Å²) in [5.74, 6) is 0.631. The predicted molar refractivity (Wildman–Crippen MR) is 112 cm³/mol. The molecule has 1 unspecified atom stereocenters. The number of rotatable bonds is 4. The standard InChI is InChI=1S/C23H21N3O2/c1-15-19(16(2)27)13-20-21(28)14-22(25-17-9-5-3-6-10-17)26(23(20)24-15)18-11-7-4-8-12-18/h3-14,16,25,27H,1-2H3. The highest BCUT2D eigenvalue weighted by molar-refractivity contribution is 5.82. The second-order valence-corrected chi connectivity index (χ2v) is 6.77. The Kier molecular flexibility index (Phi) is 4.67. The molecule has 0 aliphatic rings. The number of hydrogen-bond donors (Lipinski definition) is 2. The SMILES string of the molecule is Cc1nc2c(cc1C(C)O)c(=O)cc(Nc1ccccc1)n2-c1ccccc1. The summed E-state index contributed by atoms with van der Waals surface area (Å²) in [6.45, 7) is 3.52. The first kappa shape index (κ1) is 17.9. The van der Waals surface area contributed by atoms with Crippen molar-refractivity contribution in [1.82, 2.24) is 9.55 Å². The fourth-order valence-electron chi connectivity index (χ4n) is 3.36. The number of benzene rings is 2. The van der Waals surface area contributed by atoms with Crippen LogP contribution < -0.4 is 10.7 Å². The molecule has 2 heterocycles. The summed E-state index contributed by atoms with van der Waals surface area (Å²) in [4.78, 5) is 17.6. The van der Waals surface area contributed by atoms with Gasteiger partial charge in [0.1, 0.15) is 11.5 Å². The molecule has 28 heavy (non-hydrogen) atoms. The van der Waals surface area contributed by atoms with Crippen LogP contribution in [0.5, 0.6) is 0 Å². The number of nitrogens with one attached hydrogen (secondary N) is 1. The van der Waals surface area contributed by atoms with Gasteiger partial charge in [-0.15, -0.1) is 0 Å². The van der Waals surface area contributed by atoms with E-state index in [1.165, 1.54) is 0 Å². The monoisotopic (exact) mass is 371 g/mol. The summed E-state index contributed by atoms with van der Waals surface area (Å²) < 4.78 is 1.93. The average molecular weight is 371 g/mol. The second kappa shape index (κ2) is 7.29. The molecule has 5 nitrogen and oxygen atoms in total. The molecule has 0 aliphatic carbocycles. The van der Waals surface area contributed by atoms with Gasteiger partial charge in [0, 0.05) is 28.7 Å². The minimum Gasteiger partial charge on any atom is -0.389 e. The molecule has 0 aliphatic heterocycles. The van der Waals surface area contributed by atoms with Crippen molar-refractivity contribution in [3.63, 3.8) is 0 Å². The van der Waals surface area contributed by atoms with Gasteiger partial charge >= 0.3 is 0 Å². The van der Waals surface area contributed by atoms with E-state index in [-0.39, 0.29) is 5.43 Å². The molecule has 2 aromatic heterocycles. The van der Waals surface area contributed by atoms with Crippen LogP contribution >= 0.6 is 0 Å². The van der Waals surface area contributed by atoms with Crippen molar-refractivity contribution in [1.29, 1.82) is 0 Å². The quantitative estimate of drug-likeness (QED) is 0.555. The van der Waals surface area contributed by atoms with Crippen LogP contribution in [-0.4, -0.2) is 14.7 Å². The van der Waals surface area contributed by atoms with E-state index < -0.39 is 6.10 Å². The largest absolute Gasteiger partial charge is 0.389 e. The fourth-order valence-corrected chi connectivity index (χ4v) is 3.36. The molecule has 0 fully saturated rings. The molecule has 4 rings (SSSR count). The van der Waals surface area contributed by atoms with E-state index >= 15 is 0 Å². The maximum atomic E-state index is 12.9. The van der Waals surface area contributed by atoms with Crippen LogP contribution in [0.4, 0.5) is 11.5 Å². The lowest BCUT2D eigenvalue weighted by Crippen LogP contribution is -2.15. The Morgan fingerprint density at radius 2 is 1.64 bits per heavy atom. The molecule has 2 aromatic carbocycles. The molecule has 0 radical (unpaired) electrons. The van der Waals surface area contributed by atoms with Crippen LogP contribution in [0, 0.1) is 6.92 Å². The van der Waals surface area contributed by atoms with E-state index in [9.17, 15) is 9.90 Å². The molecular formula is C23H21N3O2. The smallest absolute Gasteiger partial charge is 0.193 e. The molecule has 0 saturated carbocycles. The lowest BCUT2D eigenvalue weighted by atomic mass is 10.1. The fraction of sp³-hybridized carbons (Fsp3) is 0.130. The number of aryl methyl sites for hydroxylation is 1. The van der Waals surface area contributed by atoms with Crippen LogP contribution in [0.25, 0.3) is 16.7 Å². The van der Waals surface area contributed by atoms with Crippen molar-refractivity contribution in [2.24, 2.45) is 0 Å². The van der Waals surface area contributed by atoms with E-state index in [4.69, 9.17) is 4.98 Å². The number of para-hydroxylation sites is 2. The van der Waals surface area contributed by atoms with Gasteiger partial charge in [0.15, 0.2) is 5.43 Å². The van der Waals surface area contributed by atoms with E-state index in [1.807, 2.05) is 72.2 Å². The lowest BCUT2D eigenvalue weighted by molar-refractivity contribution is 0.198. The molecule has 140 valence electrons.